The maximum absolute atomic E-state index is 12.8. The van der Waals surface area contributed by atoms with Crippen molar-refractivity contribution < 1.29 is 52.6 Å². The van der Waals surface area contributed by atoms with Gasteiger partial charge in [-0.1, -0.05) is 142 Å². The highest BCUT2D eigenvalue weighted by atomic mass is 16.6. The van der Waals surface area contributed by atoms with E-state index < -0.39 is 0 Å². The Bertz CT molecular complexity index is 3380. The number of aryl methyl sites for hydroxylation is 1. The number of carbonyl (C=O) groups is 3. The van der Waals surface area contributed by atoms with Gasteiger partial charge >= 0.3 is 0 Å². The molecule has 3 aliphatic carbocycles. The summed E-state index contributed by atoms with van der Waals surface area (Å²) in [4.78, 5) is 37.9. The number of nitrogens with one attached hydrogen (secondary N) is 3. The van der Waals surface area contributed by atoms with Gasteiger partial charge in [-0.2, -0.15) is 0 Å². The van der Waals surface area contributed by atoms with Crippen LogP contribution < -0.4 is 20.7 Å². The number of rotatable bonds is 16. The van der Waals surface area contributed by atoms with Crippen LogP contribution in [0.25, 0.3) is 0 Å². The first-order chi connectivity index (χ1) is 44.6. The molecule has 4 N–H and O–H groups in total. The molecule has 3 amide bonds. The second-order valence-corrected chi connectivity index (χ2v) is 26.5. The summed E-state index contributed by atoms with van der Waals surface area (Å²) in [5, 5.41) is 44.9. The lowest BCUT2D eigenvalue weighted by atomic mass is 9.86. The average molecular weight is 1250 g/mol. The van der Waals surface area contributed by atoms with Gasteiger partial charge in [-0.05, 0) is 92.5 Å². The Morgan fingerprint density at radius 2 is 0.868 bits per heavy atom. The van der Waals surface area contributed by atoms with Crippen molar-refractivity contribution in [3.05, 3.63) is 131 Å². The number of fused-ring (bicyclic) bond motifs is 3. The SMILES string of the molecule is COc1ccccc1C(=O)NC1COC2C1OCC2n1cc(CC2CCCCC2)nn1.Cc1cccc(C(=O)NC2COC3C2OCC3n2cc(CC3CCCCC3)nn2)c1.O=C(NC1COC2C1OCC2n1cc(CC2CCCCC2)nn1)c1ccc(O)cc1. The second kappa shape index (κ2) is 29.2. The molecule has 12 atom stereocenters. The fourth-order valence-corrected chi connectivity index (χ4v) is 15.2. The van der Waals surface area contributed by atoms with Gasteiger partial charge in [0.2, 0.25) is 0 Å². The van der Waals surface area contributed by atoms with Gasteiger partial charge in [0.05, 0.1) is 87.5 Å². The van der Waals surface area contributed by atoms with E-state index in [9.17, 15) is 19.5 Å². The van der Waals surface area contributed by atoms with Crippen LogP contribution in [0, 0.1) is 24.7 Å². The minimum atomic E-state index is -0.216. The first kappa shape index (κ1) is 62.6. The number of benzene rings is 3. The summed E-state index contributed by atoms with van der Waals surface area (Å²) in [6.07, 6.45) is 28.0. The van der Waals surface area contributed by atoms with Crippen molar-refractivity contribution in [3.8, 4) is 11.5 Å². The summed E-state index contributed by atoms with van der Waals surface area (Å²) < 4.78 is 47.2. The van der Waals surface area contributed by atoms with Crippen molar-refractivity contribution >= 4 is 17.7 Å². The minimum absolute atomic E-state index is 0.00322. The lowest BCUT2D eigenvalue weighted by Gasteiger charge is -2.20. The molecule has 3 saturated carbocycles. The number of para-hydroxylation sites is 1. The number of amides is 3. The molecule has 23 heteroatoms. The van der Waals surface area contributed by atoms with Gasteiger partial charge in [-0.25, -0.2) is 14.0 Å². The number of nitrogens with zero attached hydrogens (tertiary/aromatic N) is 9. The van der Waals surface area contributed by atoms with E-state index in [1.807, 2.05) is 63.6 Å². The van der Waals surface area contributed by atoms with E-state index in [0.29, 0.717) is 62.1 Å². The summed E-state index contributed by atoms with van der Waals surface area (Å²) in [7, 11) is 1.56. The van der Waals surface area contributed by atoms with Gasteiger partial charge < -0.3 is 54.2 Å². The zero-order valence-corrected chi connectivity index (χ0v) is 52.3. The maximum Gasteiger partial charge on any atom is 0.255 e. The van der Waals surface area contributed by atoms with Crippen LogP contribution in [-0.4, -0.2) is 169 Å². The number of ether oxygens (including phenoxy) is 7. The molecule has 15 rings (SSSR count). The van der Waals surface area contributed by atoms with Gasteiger partial charge in [0.25, 0.3) is 17.7 Å². The first-order valence-corrected chi connectivity index (χ1v) is 33.4. The number of hydrogen-bond donors (Lipinski definition) is 4. The van der Waals surface area contributed by atoms with Crippen molar-refractivity contribution in [2.24, 2.45) is 17.8 Å². The number of phenolic OH excluding ortho intramolecular Hbond substituents is 1. The summed E-state index contributed by atoms with van der Waals surface area (Å²) >= 11 is 0. The normalized spacial score (nSPS) is 28.9. The average Bonchev–Trinajstić information content (AvgIpc) is 2.11. The molecule has 9 fully saturated rings. The molecule has 0 bridgehead atoms. The standard InChI is InChI=1S/C23H30N4O4.C23H30N4O3.C22H28N4O4/c1-29-20-10-6-5-9-17(20)23(28)24-18-13-30-22-19(14-31-21(18)22)27-12-16(25-26-27)11-15-7-3-2-4-8-15;1-15-6-5-9-17(10-15)23(28)24-19-13-29-22-20(14-30-21(19)22)27-12-18(25-26-27)11-16-7-3-2-4-8-16;27-17-8-6-15(7-9-17)22(28)23-18-12-29-21-19(13-30-20(18)21)26-11-16(24-25-26)10-14-4-2-1-3-5-14/h5-6,9-10,12,15,18-19,21-22H,2-4,7-8,11,13-14H2,1H3,(H,24,28);5-6,9-10,12,16,19-22H,2-4,7-8,11,13-14H2,1H3,(H,24,28);6-9,11,14,18-21,27H,1-5,10,12-13H2,(H,23,28). The van der Waals surface area contributed by atoms with Crippen molar-refractivity contribution in [3.63, 3.8) is 0 Å². The van der Waals surface area contributed by atoms with E-state index in [-0.39, 0.29) is 96.3 Å². The van der Waals surface area contributed by atoms with Crippen LogP contribution in [0.5, 0.6) is 11.5 Å². The van der Waals surface area contributed by atoms with E-state index in [2.05, 4.69) is 59.3 Å². The Morgan fingerprint density at radius 3 is 1.29 bits per heavy atom. The topological polar surface area (TPSA) is 264 Å². The molecule has 91 heavy (non-hydrogen) atoms. The molecule has 486 valence electrons. The van der Waals surface area contributed by atoms with E-state index in [4.69, 9.17) is 33.2 Å². The highest BCUT2D eigenvalue weighted by Gasteiger charge is 2.52. The Kier molecular flexibility index (Phi) is 20.1. The molecular weight excluding hydrogens is 1160 g/mol. The van der Waals surface area contributed by atoms with Crippen LogP contribution in [0.2, 0.25) is 0 Å². The summed E-state index contributed by atoms with van der Waals surface area (Å²) in [5.41, 5.74) is 5.89. The van der Waals surface area contributed by atoms with Crippen molar-refractivity contribution in [2.45, 2.75) is 195 Å². The number of carbonyl (C=O) groups excluding carboxylic acids is 3. The molecule has 0 spiro atoms. The van der Waals surface area contributed by atoms with Crippen LogP contribution in [0.1, 0.15) is 168 Å². The van der Waals surface area contributed by atoms with Crippen molar-refractivity contribution in [2.75, 3.05) is 46.8 Å². The highest BCUT2D eigenvalue weighted by molar-refractivity contribution is 5.97. The van der Waals surface area contributed by atoms with Crippen molar-refractivity contribution in [1.29, 1.82) is 0 Å². The number of phenols is 1. The molecule has 9 aliphatic rings. The highest BCUT2D eigenvalue weighted by Crippen LogP contribution is 2.38. The zero-order valence-electron chi connectivity index (χ0n) is 52.3. The van der Waals surface area contributed by atoms with Gasteiger partial charge in [-0.15, -0.1) is 15.3 Å². The summed E-state index contributed by atoms with van der Waals surface area (Å²) in [6.45, 7) is 4.77. The molecule has 3 aromatic carbocycles. The van der Waals surface area contributed by atoms with Crippen molar-refractivity contribution in [1.82, 2.24) is 60.9 Å². The molecule has 0 radical (unpaired) electrons. The predicted octanol–water partition coefficient (Wildman–Crippen LogP) is 7.64. The largest absolute Gasteiger partial charge is 0.508 e. The Labute approximate surface area is 531 Å². The number of hydrogen-bond acceptors (Lipinski definition) is 17. The number of aromatic nitrogens is 9. The Hall–Kier alpha value is -7.15. The summed E-state index contributed by atoms with van der Waals surface area (Å²) in [6, 6.07) is 20.4. The molecule has 3 aromatic heterocycles. The third-order valence-electron chi connectivity index (χ3n) is 20.2. The second-order valence-electron chi connectivity index (χ2n) is 26.5. The Balaban J connectivity index is 0.000000125. The lowest BCUT2D eigenvalue weighted by Crippen LogP contribution is -2.44. The van der Waals surface area contributed by atoms with E-state index in [1.165, 1.54) is 108 Å². The smallest absolute Gasteiger partial charge is 0.255 e. The monoisotopic (exact) mass is 1250 g/mol. The molecule has 6 aliphatic heterocycles. The Morgan fingerprint density at radius 1 is 0.473 bits per heavy atom. The summed E-state index contributed by atoms with van der Waals surface area (Å²) in [5.74, 6) is 2.39. The molecule has 23 nitrogen and oxygen atoms in total. The molecular formula is C68H88N12O11. The fourth-order valence-electron chi connectivity index (χ4n) is 15.2. The van der Waals surface area contributed by atoms with Crippen LogP contribution in [0.3, 0.4) is 0 Å². The zero-order chi connectivity index (χ0) is 62.2. The van der Waals surface area contributed by atoms with E-state index in [0.717, 1.165) is 59.7 Å². The van der Waals surface area contributed by atoms with Crippen LogP contribution >= 0.6 is 0 Å². The van der Waals surface area contributed by atoms with Crippen LogP contribution in [0.15, 0.2) is 91.4 Å². The predicted molar refractivity (Wildman–Crippen MR) is 332 cm³/mol. The third-order valence-corrected chi connectivity index (χ3v) is 20.2. The van der Waals surface area contributed by atoms with Crippen LogP contribution in [0.4, 0.5) is 0 Å². The quantitative estimate of drug-likeness (QED) is 0.0725. The number of aromatic hydroxyl groups is 1. The molecule has 6 saturated heterocycles. The minimum Gasteiger partial charge on any atom is -0.508 e. The van der Waals surface area contributed by atoms with E-state index in [1.54, 1.807) is 31.4 Å². The van der Waals surface area contributed by atoms with Crippen LogP contribution in [-0.2, 0) is 47.7 Å². The lowest BCUT2D eigenvalue weighted by molar-refractivity contribution is 0.0613. The molecule has 9 heterocycles. The first-order valence-electron chi connectivity index (χ1n) is 33.4. The number of methoxy groups -OCH3 is 1. The van der Waals surface area contributed by atoms with Gasteiger partial charge in [0, 0.05) is 29.7 Å². The third kappa shape index (κ3) is 14.9. The van der Waals surface area contributed by atoms with Gasteiger partial charge in [-0.3, -0.25) is 14.4 Å². The molecule has 12 unspecified atom stereocenters. The van der Waals surface area contributed by atoms with Gasteiger partial charge in [0.1, 0.15) is 66.2 Å². The fraction of sp³-hybridized carbons (Fsp3) is 0.603. The van der Waals surface area contributed by atoms with E-state index >= 15 is 0 Å². The maximum atomic E-state index is 12.8. The van der Waals surface area contributed by atoms with Gasteiger partial charge in [0.15, 0.2) is 0 Å². The molecule has 6 aromatic rings.